The van der Waals surface area contributed by atoms with Gasteiger partial charge in [-0.25, -0.2) is 0 Å². The monoisotopic (exact) mass is 279 g/mol. The molecule has 0 aromatic carbocycles. The highest BCUT2D eigenvalue weighted by Crippen LogP contribution is 2.19. The van der Waals surface area contributed by atoms with Crippen molar-refractivity contribution >= 4 is 0 Å². The fraction of sp³-hybridized carbons (Fsp3) is 0.850. The molecule has 0 amide bonds. The Morgan fingerprint density at radius 2 is 1.45 bits per heavy atom. The molecule has 0 saturated carbocycles. The van der Waals surface area contributed by atoms with Crippen molar-refractivity contribution in [1.82, 2.24) is 0 Å². The predicted octanol–water partition coefficient (Wildman–Crippen LogP) is 7.49. The lowest BCUT2D eigenvalue weighted by Crippen LogP contribution is -1.98. The zero-order valence-electron chi connectivity index (χ0n) is 14.3. The Kier molecular flexibility index (Phi) is 16.6. The first-order valence-electron chi connectivity index (χ1n) is 9.29. The van der Waals surface area contributed by atoms with E-state index in [1.165, 1.54) is 83.5 Å². The third-order valence-corrected chi connectivity index (χ3v) is 4.32. The minimum Gasteiger partial charge on any atom is -0.0885 e. The predicted molar refractivity (Wildman–Crippen MR) is 94.0 cm³/mol. The maximum absolute atomic E-state index is 3.89. The molecule has 119 valence electrons. The van der Waals surface area contributed by atoms with Crippen LogP contribution < -0.4 is 0 Å². The largest absolute Gasteiger partial charge is 0.0885 e. The molecule has 0 saturated heterocycles. The highest BCUT2D eigenvalue weighted by molar-refractivity contribution is 4.82. The number of unbranched alkanes of at least 4 members (excludes halogenated alkanes) is 8. The molecule has 0 rings (SSSR count). The SMILES string of the molecule is [CH2]CCCCCCC/C=C\CCC(CC)CCCCC. The smallest absolute Gasteiger partial charge is 0.0348 e. The van der Waals surface area contributed by atoms with Crippen LogP contribution in [0, 0.1) is 12.8 Å². The lowest BCUT2D eigenvalue weighted by molar-refractivity contribution is 0.419. The van der Waals surface area contributed by atoms with E-state index in [-0.39, 0.29) is 0 Å². The van der Waals surface area contributed by atoms with Gasteiger partial charge in [0.1, 0.15) is 0 Å². The van der Waals surface area contributed by atoms with Crippen LogP contribution in [0.5, 0.6) is 0 Å². The number of rotatable bonds is 15. The van der Waals surface area contributed by atoms with Crippen molar-refractivity contribution < 1.29 is 0 Å². The molecule has 1 radical (unpaired) electrons. The van der Waals surface area contributed by atoms with Crippen molar-refractivity contribution in [2.75, 3.05) is 0 Å². The minimum absolute atomic E-state index is 0.967. The van der Waals surface area contributed by atoms with Gasteiger partial charge in [-0.1, -0.05) is 97.1 Å². The van der Waals surface area contributed by atoms with E-state index in [9.17, 15) is 0 Å². The molecule has 0 aromatic rings. The molecule has 0 aliphatic rings. The summed E-state index contributed by atoms with van der Waals surface area (Å²) in [6, 6.07) is 0. The van der Waals surface area contributed by atoms with Gasteiger partial charge in [0, 0.05) is 0 Å². The van der Waals surface area contributed by atoms with Crippen LogP contribution in [-0.2, 0) is 0 Å². The number of hydrogen-bond donors (Lipinski definition) is 0. The van der Waals surface area contributed by atoms with Crippen molar-refractivity contribution in [1.29, 1.82) is 0 Å². The summed E-state index contributed by atoms with van der Waals surface area (Å²) in [7, 11) is 0. The minimum atomic E-state index is 0.967. The lowest BCUT2D eigenvalue weighted by atomic mass is 9.94. The Balaban J connectivity index is 3.35. The van der Waals surface area contributed by atoms with Gasteiger partial charge in [-0.05, 0) is 31.6 Å². The summed E-state index contributed by atoms with van der Waals surface area (Å²) in [5.74, 6) is 0.967. The van der Waals surface area contributed by atoms with Crippen molar-refractivity contribution in [2.45, 2.75) is 104 Å². The first-order valence-corrected chi connectivity index (χ1v) is 9.29. The van der Waals surface area contributed by atoms with E-state index in [4.69, 9.17) is 0 Å². The average Bonchev–Trinajstić information content (AvgIpc) is 2.47. The molecule has 0 heterocycles. The van der Waals surface area contributed by atoms with Crippen LogP contribution in [0.2, 0.25) is 0 Å². The van der Waals surface area contributed by atoms with E-state index < -0.39 is 0 Å². The topological polar surface area (TPSA) is 0 Å². The third kappa shape index (κ3) is 14.2. The second-order valence-electron chi connectivity index (χ2n) is 6.23. The van der Waals surface area contributed by atoms with E-state index in [1.807, 2.05) is 0 Å². The molecular formula is C20H39. The molecule has 1 unspecified atom stereocenters. The highest BCUT2D eigenvalue weighted by Gasteiger charge is 2.04. The standard InChI is InChI=1S/C20H39/c1-4-7-9-10-11-12-13-14-15-17-19-20(6-3)18-16-8-5-2/h14-15,20H,1,4-13,16-19H2,2-3H3/b15-14-. The Bertz CT molecular complexity index is 192. The molecule has 0 aliphatic carbocycles. The van der Waals surface area contributed by atoms with Crippen molar-refractivity contribution in [3.8, 4) is 0 Å². The third-order valence-electron chi connectivity index (χ3n) is 4.32. The zero-order chi connectivity index (χ0) is 14.9. The molecular weight excluding hydrogens is 240 g/mol. The Hall–Kier alpha value is -0.260. The van der Waals surface area contributed by atoms with E-state index >= 15 is 0 Å². The fourth-order valence-electron chi connectivity index (χ4n) is 2.77. The van der Waals surface area contributed by atoms with Gasteiger partial charge in [0.05, 0.1) is 0 Å². The number of hydrogen-bond acceptors (Lipinski definition) is 0. The highest BCUT2D eigenvalue weighted by atomic mass is 14.1. The van der Waals surface area contributed by atoms with E-state index in [1.54, 1.807) is 0 Å². The summed E-state index contributed by atoms with van der Waals surface area (Å²) in [5.41, 5.74) is 0. The molecule has 1 atom stereocenters. The first kappa shape index (κ1) is 19.7. The molecule has 0 heteroatoms. The summed E-state index contributed by atoms with van der Waals surface area (Å²) in [6.45, 7) is 8.53. The average molecular weight is 280 g/mol. The van der Waals surface area contributed by atoms with Gasteiger partial charge >= 0.3 is 0 Å². The maximum atomic E-state index is 3.89. The Labute approximate surface area is 129 Å². The van der Waals surface area contributed by atoms with Gasteiger partial charge in [-0.15, -0.1) is 0 Å². The van der Waals surface area contributed by atoms with Crippen LogP contribution in [0.4, 0.5) is 0 Å². The second-order valence-corrected chi connectivity index (χ2v) is 6.23. The van der Waals surface area contributed by atoms with Gasteiger partial charge in [0.15, 0.2) is 0 Å². The van der Waals surface area contributed by atoms with Crippen molar-refractivity contribution in [3.05, 3.63) is 19.1 Å². The maximum Gasteiger partial charge on any atom is -0.0348 e. The van der Waals surface area contributed by atoms with Crippen LogP contribution in [-0.4, -0.2) is 0 Å². The van der Waals surface area contributed by atoms with Gasteiger partial charge < -0.3 is 0 Å². The van der Waals surface area contributed by atoms with Crippen LogP contribution in [0.25, 0.3) is 0 Å². The van der Waals surface area contributed by atoms with Crippen LogP contribution in [0.15, 0.2) is 12.2 Å². The van der Waals surface area contributed by atoms with Gasteiger partial charge in [0.2, 0.25) is 0 Å². The Morgan fingerprint density at radius 3 is 2.15 bits per heavy atom. The quantitative estimate of drug-likeness (QED) is 0.215. The van der Waals surface area contributed by atoms with Crippen molar-refractivity contribution in [3.63, 3.8) is 0 Å². The summed E-state index contributed by atoms with van der Waals surface area (Å²) in [5, 5.41) is 0. The summed E-state index contributed by atoms with van der Waals surface area (Å²) < 4.78 is 0. The molecule has 0 aliphatic heterocycles. The van der Waals surface area contributed by atoms with E-state index in [2.05, 4.69) is 32.9 Å². The molecule has 0 aromatic heterocycles. The van der Waals surface area contributed by atoms with Crippen LogP contribution in [0.1, 0.15) is 104 Å². The molecule has 0 fully saturated rings. The van der Waals surface area contributed by atoms with Gasteiger partial charge in [-0.2, -0.15) is 0 Å². The van der Waals surface area contributed by atoms with Crippen LogP contribution >= 0.6 is 0 Å². The molecule has 0 N–H and O–H groups in total. The van der Waals surface area contributed by atoms with Gasteiger partial charge in [-0.3, -0.25) is 0 Å². The lowest BCUT2D eigenvalue weighted by Gasteiger charge is -2.12. The molecule has 0 nitrogen and oxygen atoms in total. The zero-order valence-corrected chi connectivity index (χ0v) is 14.3. The fourth-order valence-corrected chi connectivity index (χ4v) is 2.77. The Morgan fingerprint density at radius 1 is 0.750 bits per heavy atom. The molecule has 0 spiro atoms. The van der Waals surface area contributed by atoms with E-state index in [0.29, 0.717) is 0 Å². The van der Waals surface area contributed by atoms with E-state index in [0.717, 1.165) is 12.3 Å². The normalized spacial score (nSPS) is 13.2. The first-order chi connectivity index (χ1) is 9.85. The molecule has 0 bridgehead atoms. The summed E-state index contributed by atoms with van der Waals surface area (Å²) in [4.78, 5) is 0. The van der Waals surface area contributed by atoms with Gasteiger partial charge in [0.25, 0.3) is 0 Å². The molecule has 20 heavy (non-hydrogen) atoms. The summed E-state index contributed by atoms with van der Waals surface area (Å²) in [6.07, 6.45) is 23.8. The summed E-state index contributed by atoms with van der Waals surface area (Å²) >= 11 is 0. The second kappa shape index (κ2) is 16.8. The van der Waals surface area contributed by atoms with Crippen LogP contribution in [0.3, 0.4) is 0 Å². The van der Waals surface area contributed by atoms with Crippen molar-refractivity contribution in [2.24, 2.45) is 5.92 Å². The number of allylic oxidation sites excluding steroid dienone is 2.